The summed E-state index contributed by atoms with van der Waals surface area (Å²) in [5.41, 5.74) is 0.205. The second-order valence-corrected chi connectivity index (χ2v) is 4.68. The number of halogens is 1. The Morgan fingerprint density at radius 3 is 2.65 bits per heavy atom. The van der Waals surface area contributed by atoms with E-state index in [1.165, 1.54) is 19.2 Å². The third kappa shape index (κ3) is 2.17. The fourth-order valence-electron chi connectivity index (χ4n) is 2.33. The summed E-state index contributed by atoms with van der Waals surface area (Å²) in [6.45, 7) is 1.77. The number of carbonyl (C=O) groups is 1. The molecular weight excluding hydrogens is 223 g/mol. The van der Waals surface area contributed by atoms with Gasteiger partial charge in [0.1, 0.15) is 5.82 Å². The molecule has 4 heteroatoms. The molecule has 1 saturated carbocycles. The summed E-state index contributed by atoms with van der Waals surface area (Å²) in [4.78, 5) is 11.2. The summed E-state index contributed by atoms with van der Waals surface area (Å²) in [6.07, 6.45) is 0.588. The first-order valence-electron chi connectivity index (χ1n) is 5.52. The van der Waals surface area contributed by atoms with Gasteiger partial charge in [-0.15, -0.1) is 0 Å². The number of benzene rings is 1. The van der Waals surface area contributed by atoms with Gasteiger partial charge in [-0.1, -0.05) is 6.07 Å². The zero-order valence-electron chi connectivity index (χ0n) is 9.87. The SMILES string of the molecule is COC(=O)C1CC(O)(c2cc(C)cc(F)c2)C1. The zero-order chi connectivity index (χ0) is 12.6. The van der Waals surface area contributed by atoms with Crippen LogP contribution in [-0.4, -0.2) is 18.2 Å². The molecular formula is C13H15FO3. The van der Waals surface area contributed by atoms with E-state index in [4.69, 9.17) is 0 Å². The van der Waals surface area contributed by atoms with Crippen LogP contribution in [0.4, 0.5) is 4.39 Å². The standard InChI is InChI=1S/C13H15FO3/c1-8-3-10(5-11(14)4-8)13(16)6-9(7-13)12(15)17-2/h3-5,9,16H,6-7H2,1-2H3. The minimum absolute atomic E-state index is 0.284. The van der Waals surface area contributed by atoms with Crippen molar-refractivity contribution in [1.82, 2.24) is 0 Å². The van der Waals surface area contributed by atoms with Crippen molar-refractivity contribution in [3.05, 3.63) is 35.1 Å². The number of hydrogen-bond acceptors (Lipinski definition) is 3. The van der Waals surface area contributed by atoms with Crippen molar-refractivity contribution in [1.29, 1.82) is 0 Å². The van der Waals surface area contributed by atoms with Crippen LogP contribution < -0.4 is 0 Å². The fourth-order valence-corrected chi connectivity index (χ4v) is 2.33. The maximum Gasteiger partial charge on any atom is 0.308 e. The molecule has 1 N–H and O–H groups in total. The number of aryl methyl sites for hydroxylation is 1. The van der Waals surface area contributed by atoms with Gasteiger partial charge < -0.3 is 9.84 Å². The summed E-state index contributed by atoms with van der Waals surface area (Å²) in [6, 6.07) is 4.47. The molecule has 3 nitrogen and oxygen atoms in total. The molecule has 1 aliphatic carbocycles. The van der Waals surface area contributed by atoms with Crippen LogP contribution in [0.15, 0.2) is 18.2 Å². The predicted octanol–water partition coefficient (Wildman–Crippen LogP) is 1.90. The van der Waals surface area contributed by atoms with E-state index in [1.807, 2.05) is 0 Å². The van der Waals surface area contributed by atoms with Crippen molar-refractivity contribution >= 4 is 5.97 Å². The number of rotatable bonds is 2. The largest absolute Gasteiger partial charge is 0.469 e. The molecule has 2 rings (SSSR count). The van der Waals surface area contributed by atoms with Gasteiger partial charge in [-0.25, -0.2) is 4.39 Å². The molecule has 0 atom stereocenters. The highest BCUT2D eigenvalue weighted by Crippen LogP contribution is 2.46. The van der Waals surface area contributed by atoms with E-state index < -0.39 is 5.60 Å². The molecule has 0 heterocycles. The molecule has 1 fully saturated rings. The van der Waals surface area contributed by atoms with Crippen molar-refractivity contribution < 1.29 is 19.0 Å². The van der Waals surface area contributed by atoms with Crippen molar-refractivity contribution in [3.8, 4) is 0 Å². The van der Waals surface area contributed by atoms with E-state index in [0.717, 1.165) is 5.56 Å². The van der Waals surface area contributed by atoms with Crippen LogP contribution in [0.3, 0.4) is 0 Å². The molecule has 1 aromatic carbocycles. The molecule has 17 heavy (non-hydrogen) atoms. The van der Waals surface area contributed by atoms with E-state index in [9.17, 15) is 14.3 Å². The second-order valence-electron chi connectivity index (χ2n) is 4.68. The Kier molecular flexibility index (Phi) is 2.91. The Hall–Kier alpha value is -1.42. The van der Waals surface area contributed by atoms with Gasteiger partial charge in [0.25, 0.3) is 0 Å². The highest BCUT2D eigenvalue weighted by Gasteiger charge is 2.48. The Balaban J connectivity index is 2.16. The Morgan fingerprint density at radius 1 is 1.47 bits per heavy atom. The van der Waals surface area contributed by atoms with E-state index in [-0.39, 0.29) is 17.7 Å². The number of ether oxygens (including phenoxy) is 1. The van der Waals surface area contributed by atoms with E-state index in [0.29, 0.717) is 18.4 Å². The Labute approximate surface area is 99.2 Å². The van der Waals surface area contributed by atoms with E-state index >= 15 is 0 Å². The first-order chi connectivity index (χ1) is 7.94. The normalized spacial score (nSPS) is 27.4. The Bertz CT molecular complexity index is 430. The van der Waals surface area contributed by atoms with Gasteiger partial charge in [-0.05, 0) is 43.0 Å². The molecule has 1 aromatic rings. The van der Waals surface area contributed by atoms with Crippen LogP contribution in [0.2, 0.25) is 0 Å². The lowest BCUT2D eigenvalue weighted by Gasteiger charge is -2.42. The van der Waals surface area contributed by atoms with Crippen LogP contribution in [0.25, 0.3) is 0 Å². The maximum atomic E-state index is 13.2. The average Bonchev–Trinajstić information content (AvgIpc) is 2.22. The number of esters is 1. The van der Waals surface area contributed by atoms with Crippen LogP contribution in [0.5, 0.6) is 0 Å². The van der Waals surface area contributed by atoms with Gasteiger partial charge in [0, 0.05) is 0 Å². The maximum absolute atomic E-state index is 13.2. The molecule has 0 radical (unpaired) electrons. The van der Waals surface area contributed by atoms with E-state index in [1.54, 1.807) is 13.0 Å². The molecule has 0 aromatic heterocycles. The summed E-state index contributed by atoms with van der Waals surface area (Å²) < 4.78 is 17.8. The average molecular weight is 238 g/mol. The third-order valence-electron chi connectivity index (χ3n) is 3.28. The van der Waals surface area contributed by atoms with E-state index in [2.05, 4.69) is 4.74 Å². The topological polar surface area (TPSA) is 46.5 Å². The highest BCUT2D eigenvalue weighted by molar-refractivity contribution is 5.74. The lowest BCUT2D eigenvalue weighted by molar-refractivity contribution is -0.163. The van der Waals surface area contributed by atoms with Crippen LogP contribution in [0.1, 0.15) is 24.0 Å². The van der Waals surface area contributed by atoms with Crippen LogP contribution in [-0.2, 0) is 15.1 Å². The van der Waals surface area contributed by atoms with Gasteiger partial charge in [0.15, 0.2) is 0 Å². The summed E-state index contributed by atoms with van der Waals surface area (Å²) in [5.74, 6) is -0.966. The summed E-state index contributed by atoms with van der Waals surface area (Å²) >= 11 is 0. The fraction of sp³-hybridized carbons (Fsp3) is 0.462. The third-order valence-corrected chi connectivity index (χ3v) is 3.28. The molecule has 0 saturated heterocycles. The Morgan fingerprint density at radius 2 is 2.12 bits per heavy atom. The quantitative estimate of drug-likeness (QED) is 0.800. The highest BCUT2D eigenvalue weighted by atomic mass is 19.1. The van der Waals surface area contributed by atoms with Crippen molar-refractivity contribution in [2.75, 3.05) is 7.11 Å². The molecule has 0 spiro atoms. The molecule has 0 aliphatic heterocycles. The minimum Gasteiger partial charge on any atom is -0.469 e. The molecule has 0 amide bonds. The number of aliphatic hydroxyl groups is 1. The number of hydrogen-bond donors (Lipinski definition) is 1. The number of methoxy groups -OCH3 is 1. The van der Waals surface area contributed by atoms with Gasteiger partial charge >= 0.3 is 5.97 Å². The van der Waals surface area contributed by atoms with Gasteiger partial charge in [-0.3, -0.25) is 4.79 Å². The van der Waals surface area contributed by atoms with Gasteiger partial charge in [0.05, 0.1) is 18.6 Å². The van der Waals surface area contributed by atoms with Gasteiger partial charge in [-0.2, -0.15) is 0 Å². The van der Waals surface area contributed by atoms with Crippen molar-refractivity contribution in [2.24, 2.45) is 5.92 Å². The second kappa shape index (κ2) is 4.11. The molecule has 0 bridgehead atoms. The predicted molar refractivity (Wildman–Crippen MR) is 59.8 cm³/mol. The lowest BCUT2D eigenvalue weighted by Crippen LogP contribution is -2.45. The molecule has 92 valence electrons. The molecule has 0 unspecified atom stereocenters. The van der Waals surface area contributed by atoms with Crippen LogP contribution >= 0.6 is 0 Å². The summed E-state index contributed by atoms with van der Waals surface area (Å²) in [5, 5.41) is 10.3. The minimum atomic E-state index is -1.09. The lowest BCUT2D eigenvalue weighted by atomic mass is 9.67. The first-order valence-corrected chi connectivity index (χ1v) is 5.52. The van der Waals surface area contributed by atoms with Gasteiger partial charge in [0.2, 0.25) is 0 Å². The smallest absolute Gasteiger partial charge is 0.308 e. The monoisotopic (exact) mass is 238 g/mol. The zero-order valence-corrected chi connectivity index (χ0v) is 9.87. The summed E-state index contributed by atoms with van der Waals surface area (Å²) in [7, 11) is 1.33. The van der Waals surface area contributed by atoms with Crippen LogP contribution in [0, 0.1) is 18.7 Å². The first kappa shape index (κ1) is 12.0. The number of carbonyl (C=O) groups excluding carboxylic acids is 1. The van der Waals surface area contributed by atoms with Crippen molar-refractivity contribution in [2.45, 2.75) is 25.4 Å². The molecule has 1 aliphatic rings. The van der Waals surface area contributed by atoms with Crippen molar-refractivity contribution in [3.63, 3.8) is 0 Å².